The second-order valence-electron chi connectivity index (χ2n) is 7.34. The minimum atomic E-state index is 0.256. The van der Waals surface area contributed by atoms with Gasteiger partial charge in [0.25, 0.3) is 0 Å². The van der Waals surface area contributed by atoms with Gasteiger partial charge in [0.2, 0.25) is 5.95 Å². The van der Waals surface area contributed by atoms with Crippen LogP contribution < -0.4 is 10.2 Å². The van der Waals surface area contributed by atoms with E-state index in [2.05, 4.69) is 46.5 Å². The molecule has 0 aliphatic carbocycles. The highest BCUT2D eigenvalue weighted by Crippen LogP contribution is 2.23. The highest BCUT2D eigenvalue weighted by atomic mass is 15.3. The molecular weight excluding hydrogens is 384 g/mol. The van der Waals surface area contributed by atoms with Crippen LogP contribution in [0.1, 0.15) is 18.9 Å². The van der Waals surface area contributed by atoms with Gasteiger partial charge in [-0.2, -0.15) is 4.98 Å². The number of hydrogen-bond donors (Lipinski definition) is 1. The molecule has 2 aromatic heterocycles. The topological polar surface area (TPSA) is 66.8 Å². The van der Waals surface area contributed by atoms with Crippen molar-refractivity contribution >= 4 is 17.6 Å². The average Bonchev–Trinajstić information content (AvgIpc) is 2.84. The van der Waals surface area contributed by atoms with E-state index in [1.807, 2.05) is 60.5 Å². The number of benzene rings is 2. The molecule has 2 aromatic carbocycles. The summed E-state index contributed by atoms with van der Waals surface area (Å²) in [4.78, 5) is 20.2. The summed E-state index contributed by atoms with van der Waals surface area (Å²) >= 11 is 0. The highest BCUT2D eigenvalue weighted by molar-refractivity contribution is 5.61. The molecule has 0 aliphatic heterocycles. The number of anilines is 3. The molecule has 1 N–H and O–H groups in total. The van der Waals surface area contributed by atoms with Gasteiger partial charge in [0.15, 0.2) is 5.82 Å². The molecule has 2 heterocycles. The van der Waals surface area contributed by atoms with Gasteiger partial charge in [-0.3, -0.25) is 0 Å². The van der Waals surface area contributed by atoms with Gasteiger partial charge in [-0.05, 0) is 30.5 Å². The van der Waals surface area contributed by atoms with Crippen molar-refractivity contribution in [3.63, 3.8) is 0 Å². The lowest BCUT2D eigenvalue weighted by atomic mass is 10.0. The van der Waals surface area contributed by atoms with E-state index in [1.54, 1.807) is 12.4 Å². The van der Waals surface area contributed by atoms with Gasteiger partial charge in [0.05, 0.1) is 0 Å². The maximum Gasteiger partial charge on any atom is 0.224 e. The molecule has 1 unspecified atom stereocenters. The third kappa shape index (κ3) is 5.22. The molecule has 0 aliphatic rings. The van der Waals surface area contributed by atoms with Crippen molar-refractivity contribution in [1.82, 2.24) is 19.9 Å². The Labute approximate surface area is 183 Å². The predicted octanol–water partition coefficient (Wildman–Crippen LogP) is 5.13. The van der Waals surface area contributed by atoms with Crippen LogP contribution in [0, 0.1) is 0 Å². The zero-order valence-electron chi connectivity index (χ0n) is 17.8. The molecule has 0 spiro atoms. The van der Waals surface area contributed by atoms with Crippen LogP contribution in [-0.4, -0.2) is 33.0 Å². The summed E-state index contributed by atoms with van der Waals surface area (Å²) in [6.07, 6.45) is 5.45. The van der Waals surface area contributed by atoms with Gasteiger partial charge in [0.1, 0.15) is 11.6 Å². The van der Waals surface area contributed by atoms with E-state index in [0.717, 1.165) is 30.0 Å². The smallest absolute Gasteiger partial charge is 0.224 e. The molecule has 6 heteroatoms. The van der Waals surface area contributed by atoms with Crippen molar-refractivity contribution in [3.05, 3.63) is 90.8 Å². The number of nitrogens with one attached hydrogen (secondary N) is 1. The van der Waals surface area contributed by atoms with Crippen molar-refractivity contribution in [2.75, 3.05) is 17.3 Å². The Balaban J connectivity index is 1.51. The van der Waals surface area contributed by atoms with E-state index in [0.29, 0.717) is 11.8 Å². The molecule has 4 aromatic rings. The number of nitrogens with zero attached hydrogens (tertiary/aromatic N) is 5. The first-order valence-electron chi connectivity index (χ1n) is 10.5. The van der Waals surface area contributed by atoms with Crippen LogP contribution in [0.25, 0.3) is 11.4 Å². The van der Waals surface area contributed by atoms with E-state index in [-0.39, 0.29) is 6.04 Å². The minimum Gasteiger partial charge on any atom is -0.351 e. The molecule has 0 bridgehead atoms. The fourth-order valence-electron chi connectivity index (χ4n) is 3.36. The first kappa shape index (κ1) is 20.5. The summed E-state index contributed by atoms with van der Waals surface area (Å²) in [5.74, 6) is 2.84. The normalized spacial score (nSPS) is 11.7. The minimum absolute atomic E-state index is 0.256. The van der Waals surface area contributed by atoms with Crippen molar-refractivity contribution in [2.45, 2.75) is 25.8 Å². The lowest BCUT2D eigenvalue weighted by Crippen LogP contribution is -2.23. The van der Waals surface area contributed by atoms with Gasteiger partial charge < -0.3 is 10.2 Å². The Morgan fingerprint density at radius 2 is 1.45 bits per heavy atom. The maximum atomic E-state index is 4.72. The second kappa shape index (κ2) is 9.80. The van der Waals surface area contributed by atoms with E-state index < -0.39 is 0 Å². The third-order valence-corrected chi connectivity index (χ3v) is 5.15. The van der Waals surface area contributed by atoms with Gasteiger partial charge >= 0.3 is 0 Å². The Kier molecular flexibility index (Phi) is 6.47. The van der Waals surface area contributed by atoms with Crippen LogP contribution in [0.15, 0.2) is 85.2 Å². The summed E-state index contributed by atoms with van der Waals surface area (Å²) in [7, 11) is 1.95. The third-order valence-electron chi connectivity index (χ3n) is 5.15. The van der Waals surface area contributed by atoms with Crippen molar-refractivity contribution in [2.24, 2.45) is 0 Å². The summed E-state index contributed by atoms with van der Waals surface area (Å²) in [5, 5.41) is 3.48. The molecule has 0 amide bonds. The van der Waals surface area contributed by atoms with E-state index in [4.69, 9.17) is 9.97 Å². The Hall–Kier alpha value is -3.80. The zero-order chi connectivity index (χ0) is 21.5. The van der Waals surface area contributed by atoms with E-state index in [9.17, 15) is 0 Å². The van der Waals surface area contributed by atoms with Crippen LogP contribution in [0.4, 0.5) is 17.6 Å². The second-order valence-corrected chi connectivity index (χ2v) is 7.34. The van der Waals surface area contributed by atoms with E-state index >= 15 is 0 Å². The number of hydrogen-bond acceptors (Lipinski definition) is 6. The molecule has 0 radical (unpaired) electrons. The fraction of sp³-hybridized carbons (Fsp3) is 0.200. The average molecular weight is 411 g/mol. The Bertz CT molecular complexity index is 1100. The lowest BCUT2D eigenvalue weighted by molar-refractivity contribution is 0.682. The molecule has 1 atom stereocenters. The van der Waals surface area contributed by atoms with Gasteiger partial charge in [-0.15, -0.1) is 0 Å². The molecule has 0 saturated carbocycles. The summed E-state index contributed by atoms with van der Waals surface area (Å²) in [5.41, 5.74) is 2.28. The van der Waals surface area contributed by atoms with Crippen LogP contribution in [-0.2, 0) is 6.42 Å². The number of aromatic nitrogens is 4. The van der Waals surface area contributed by atoms with Crippen molar-refractivity contribution in [3.8, 4) is 11.4 Å². The largest absolute Gasteiger partial charge is 0.351 e. The maximum absolute atomic E-state index is 4.72. The van der Waals surface area contributed by atoms with Crippen LogP contribution in [0.3, 0.4) is 0 Å². The van der Waals surface area contributed by atoms with Crippen LogP contribution >= 0.6 is 0 Å². The predicted molar refractivity (Wildman–Crippen MR) is 125 cm³/mol. The molecule has 0 saturated heterocycles. The quantitative estimate of drug-likeness (QED) is 0.434. The standard InChI is InChI=1S/C25H26N6/c1-3-21(18-19-10-6-4-7-11-19)28-25-27-17-15-23(30-25)31(2)22-14-16-26-24(29-22)20-12-8-5-9-13-20/h4-17,21H,3,18H2,1-2H3,(H,27,28,30). The van der Waals surface area contributed by atoms with Gasteiger partial charge in [-0.25, -0.2) is 15.0 Å². The lowest BCUT2D eigenvalue weighted by Gasteiger charge is -2.20. The molecule has 6 nitrogen and oxygen atoms in total. The molecular formula is C25H26N6. The summed E-state index contributed by atoms with van der Waals surface area (Å²) < 4.78 is 0. The molecule has 0 fully saturated rings. The van der Waals surface area contributed by atoms with Crippen molar-refractivity contribution < 1.29 is 0 Å². The molecule has 156 valence electrons. The van der Waals surface area contributed by atoms with Gasteiger partial charge in [-0.1, -0.05) is 67.6 Å². The first-order valence-corrected chi connectivity index (χ1v) is 10.5. The summed E-state index contributed by atoms with van der Waals surface area (Å²) in [6.45, 7) is 2.17. The summed E-state index contributed by atoms with van der Waals surface area (Å²) in [6, 6.07) is 24.4. The SMILES string of the molecule is CCC(Cc1ccccc1)Nc1nccc(N(C)c2ccnc(-c3ccccc3)n2)n1. The Morgan fingerprint density at radius 1 is 0.806 bits per heavy atom. The zero-order valence-corrected chi connectivity index (χ0v) is 17.8. The van der Waals surface area contributed by atoms with E-state index in [1.165, 1.54) is 5.56 Å². The van der Waals surface area contributed by atoms with Crippen LogP contribution in [0.2, 0.25) is 0 Å². The van der Waals surface area contributed by atoms with Gasteiger partial charge in [0, 0.05) is 31.0 Å². The van der Waals surface area contributed by atoms with Crippen molar-refractivity contribution in [1.29, 1.82) is 0 Å². The fourth-order valence-corrected chi connectivity index (χ4v) is 3.36. The van der Waals surface area contributed by atoms with Crippen LogP contribution in [0.5, 0.6) is 0 Å². The first-order chi connectivity index (χ1) is 15.2. The number of rotatable bonds is 8. The monoisotopic (exact) mass is 410 g/mol. The Morgan fingerprint density at radius 3 is 2.16 bits per heavy atom. The molecule has 4 rings (SSSR count). The molecule has 31 heavy (non-hydrogen) atoms. The highest BCUT2D eigenvalue weighted by Gasteiger charge is 2.13.